The minimum atomic E-state index is -0.131. The zero-order valence-corrected chi connectivity index (χ0v) is 15.2. The van der Waals surface area contributed by atoms with E-state index in [1.54, 1.807) is 13.4 Å². The molecule has 0 radical (unpaired) electrons. The lowest BCUT2D eigenvalue weighted by molar-refractivity contribution is -0.116. The molecule has 25 heavy (non-hydrogen) atoms. The van der Waals surface area contributed by atoms with Gasteiger partial charge in [0, 0.05) is 28.1 Å². The number of aromatic nitrogens is 2. The highest BCUT2D eigenvalue weighted by molar-refractivity contribution is 9.10. The van der Waals surface area contributed by atoms with Crippen LogP contribution < -0.4 is 10.1 Å². The molecule has 1 aromatic heterocycles. The molecule has 0 spiro atoms. The second-order valence-corrected chi connectivity index (χ2v) is 6.79. The van der Waals surface area contributed by atoms with E-state index in [9.17, 15) is 4.79 Å². The van der Waals surface area contributed by atoms with Gasteiger partial charge in [-0.3, -0.25) is 9.36 Å². The van der Waals surface area contributed by atoms with Crippen molar-refractivity contribution in [3.05, 3.63) is 70.6 Å². The number of nitrogens with zero attached hydrogens (tertiary/aromatic N) is 2. The smallest absolute Gasteiger partial charge is 0.226 e. The number of carbonyl (C=O) groups excluding carboxylic acids is 1. The maximum absolute atomic E-state index is 12.4. The van der Waals surface area contributed by atoms with Gasteiger partial charge < -0.3 is 10.1 Å². The molecule has 1 N–H and O–H groups in total. The van der Waals surface area contributed by atoms with Crippen molar-refractivity contribution in [1.82, 2.24) is 9.55 Å². The third-order valence-electron chi connectivity index (χ3n) is 4.37. The Labute approximate surface area is 153 Å². The van der Waals surface area contributed by atoms with Gasteiger partial charge in [-0.05, 0) is 24.3 Å². The third kappa shape index (κ3) is 2.82. The van der Waals surface area contributed by atoms with Crippen molar-refractivity contribution < 1.29 is 9.53 Å². The summed E-state index contributed by atoms with van der Waals surface area (Å²) < 4.78 is 8.35. The zero-order valence-electron chi connectivity index (χ0n) is 13.6. The molecule has 2 aromatic carbocycles. The molecule has 0 fully saturated rings. The van der Waals surface area contributed by atoms with Crippen molar-refractivity contribution in [3.63, 3.8) is 0 Å². The summed E-state index contributed by atoms with van der Waals surface area (Å²) in [7, 11) is 1.64. The first-order valence-corrected chi connectivity index (χ1v) is 8.72. The monoisotopic (exact) mass is 397 g/mol. The normalized spacial score (nSPS) is 16.2. The Balaban J connectivity index is 1.84. The number of halogens is 1. The summed E-state index contributed by atoms with van der Waals surface area (Å²) in [6, 6.07) is 15.7. The Kier molecular flexibility index (Phi) is 4.05. The van der Waals surface area contributed by atoms with Gasteiger partial charge in [0.15, 0.2) is 0 Å². The highest BCUT2D eigenvalue weighted by Crippen LogP contribution is 2.40. The van der Waals surface area contributed by atoms with Crippen molar-refractivity contribution >= 4 is 27.7 Å². The minimum absolute atomic E-state index is 0.0276. The number of nitrogens with one attached hydrogen (secondary N) is 1. The van der Waals surface area contributed by atoms with E-state index in [0.29, 0.717) is 12.2 Å². The van der Waals surface area contributed by atoms with Gasteiger partial charge in [0.1, 0.15) is 17.9 Å². The van der Waals surface area contributed by atoms with E-state index in [1.807, 2.05) is 53.1 Å². The third-order valence-corrected chi connectivity index (χ3v) is 4.87. The highest BCUT2D eigenvalue weighted by atomic mass is 79.9. The largest absolute Gasteiger partial charge is 0.496 e. The highest BCUT2D eigenvalue weighted by Gasteiger charge is 2.32. The Morgan fingerprint density at radius 2 is 2.08 bits per heavy atom. The van der Waals surface area contributed by atoms with Crippen LogP contribution in [0.25, 0.3) is 5.69 Å². The van der Waals surface area contributed by atoms with E-state index < -0.39 is 0 Å². The number of para-hydroxylation sites is 1. The SMILES string of the molecule is COc1ccccc1[C@@H]1CC(=O)Nc2c1ncn2-c1cccc(Br)c1. The second-order valence-electron chi connectivity index (χ2n) is 5.88. The molecule has 0 unspecified atom stereocenters. The quantitative estimate of drug-likeness (QED) is 0.722. The molecule has 4 rings (SSSR count). The number of imidazole rings is 1. The van der Waals surface area contributed by atoms with Crippen molar-refractivity contribution in [3.8, 4) is 11.4 Å². The fourth-order valence-electron chi connectivity index (χ4n) is 3.24. The number of rotatable bonds is 3. The first-order chi connectivity index (χ1) is 12.2. The summed E-state index contributed by atoms with van der Waals surface area (Å²) in [6.45, 7) is 0. The number of methoxy groups -OCH3 is 1. The Hall–Kier alpha value is -2.60. The molecule has 0 bridgehead atoms. The van der Waals surface area contributed by atoms with Gasteiger partial charge >= 0.3 is 0 Å². The molecule has 1 aliphatic rings. The number of carbonyl (C=O) groups is 1. The summed E-state index contributed by atoms with van der Waals surface area (Å²) >= 11 is 3.49. The van der Waals surface area contributed by atoms with Gasteiger partial charge in [-0.15, -0.1) is 0 Å². The topological polar surface area (TPSA) is 56.1 Å². The summed E-state index contributed by atoms with van der Waals surface area (Å²) in [5.41, 5.74) is 2.76. The number of hydrogen-bond acceptors (Lipinski definition) is 3. The van der Waals surface area contributed by atoms with Gasteiger partial charge in [-0.2, -0.15) is 0 Å². The number of hydrogen-bond donors (Lipinski definition) is 1. The Morgan fingerprint density at radius 3 is 2.88 bits per heavy atom. The first-order valence-electron chi connectivity index (χ1n) is 7.93. The number of benzene rings is 2. The fraction of sp³-hybridized carbons (Fsp3) is 0.158. The van der Waals surface area contributed by atoms with Crippen LogP contribution in [0.3, 0.4) is 0 Å². The molecule has 3 aromatic rings. The lowest BCUT2D eigenvalue weighted by Gasteiger charge is -2.24. The summed E-state index contributed by atoms with van der Waals surface area (Å²) in [5.74, 6) is 1.32. The maximum atomic E-state index is 12.4. The molecule has 6 heteroatoms. The molecule has 1 amide bonds. The molecule has 0 saturated heterocycles. The van der Waals surface area contributed by atoms with Crippen LogP contribution in [0, 0.1) is 0 Å². The number of amides is 1. The predicted octanol–water partition coefficient (Wildman–Crippen LogP) is 4.12. The van der Waals surface area contributed by atoms with E-state index in [4.69, 9.17) is 4.74 Å². The van der Waals surface area contributed by atoms with Crippen LogP contribution in [0.1, 0.15) is 23.6 Å². The molecule has 1 atom stereocenters. The number of anilines is 1. The van der Waals surface area contributed by atoms with Crippen LogP contribution >= 0.6 is 15.9 Å². The lowest BCUT2D eigenvalue weighted by atomic mass is 9.89. The standard InChI is InChI=1S/C19H16BrN3O2/c1-25-16-8-3-2-7-14(16)15-10-17(24)22-19-18(15)21-11-23(19)13-6-4-5-12(20)9-13/h2-9,11,15H,10H2,1H3,(H,22,24)/t15-/m0/s1. The molecule has 2 heterocycles. The molecule has 5 nitrogen and oxygen atoms in total. The average molecular weight is 398 g/mol. The van der Waals surface area contributed by atoms with Crippen molar-refractivity contribution in [1.29, 1.82) is 0 Å². The average Bonchev–Trinajstić information content (AvgIpc) is 3.04. The molecule has 0 aliphatic carbocycles. The van der Waals surface area contributed by atoms with Gasteiger partial charge in [0.25, 0.3) is 0 Å². The first kappa shape index (κ1) is 15.9. The van der Waals surface area contributed by atoms with Gasteiger partial charge in [0.05, 0.1) is 12.8 Å². The van der Waals surface area contributed by atoms with Crippen molar-refractivity contribution in [2.45, 2.75) is 12.3 Å². The Bertz CT molecular complexity index is 951. The maximum Gasteiger partial charge on any atom is 0.226 e. The van der Waals surface area contributed by atoms with Crippen molar-refractivity contribution in [2.24, 2.45) is 0 Å². The molecular formula is C19H16BrN3O2. The van der Waals surface area contributed by atoms with Gasteiger partial charge in [-0.1, -0.05) is 40.2 Å². The van der Waals surface area contributed by atoms with E-state index in [0.717, 1.165) is 27.2 Å². The van der Waals surface area contributed by atoms with Crippen LogP contribution in [-0.4, -0.2) is 22.6 Å². The van der Waals surface area contributed by atoms with Crippen LogP contribution in [0.5, 0.6) is 5.75 Å². The summed E-state index contributed by atoms with van der Waals surface area (Å²) in [4.78, 5) is 17.0. The van der Waals surface area contributed by atoms with Crippen LogP contribution in [0.2, 0.25) is 0 Å². The van der Waals surface area contributed by atoms with Crippen LogP contribution in [0.15, 0.2) is 59.3 Å². The number of fused-ring (bicyclic) bond motifs is 1. The van der Waals surface area contributed by atoms with Crippen molar-refractivity contribution in [2.75, 3.05) is 12.4 Å². The zero-order chi connectivity index (χ0) is 17.4. The fourth-order valence-corrected chi connectivity index (χ4v) is 3.63. The van der Waals surface area contributed by atoms with Crippen LogP contribution in [0.4, 0.5) is 5.82 Å². The van der Waals surface area contributed by atoms with E-state index >= 15 is 0 Å². The van der Waals surface area contributed by atoms with E-state index in [1.165, 1.54) is 0 Å². The predicted molar refractivity (Wildman–Crippen MR) is 99.3 cm³/mol. The van der Waals surface area contributed by atoms with E-state index in [-0.39, 0.29) is 11.8 Å². The number of ether oxygens (including phenoxy) is 1. The Morgan fingerprint density at radius 1 is 1.24 bits per heavy atom. The summed E-state index contributed by atoms with van der Waals surface area (Å²) in [6.07, 6.45) is 2.10. The molecule has 1 aliphatic heterocycles. The van der Waals surface area contributed by atoms with Gasteiger partial charge in [-0.25, -0.2) is 4.98 Å². The van der Waals surface area contributed by atoms with Gasteiger partial charge in [0.2, 0.25) is 5.91 Å². The van der Waals surface area contributed by atoms with E-state index in [2.05, 4.69) is 26.2 Å². The molecule has 0 saturated carbocycles. The minimum Gasteiger partial charge on any atom is -0.496 e. The second kappa shape index (κ2) is 6.37. The lowest BCUT2D eigenvalue weighted by Crippen LogP contribution is -2.25. The van der Waals surface area contributed by atoms with Crippen LogP contribution in [-0.2, 0) is 4.79 Å². The molecular weight excluding hydrogens is 382 g/mol. The molecule has 126 valence electrons. The summed E-state index contributed by atoms with van der Waals surface area (Å²) in [5, 5.41) is 2.97.